The summed E-state index contributed by atoms with van der Waals surface area (Å²) in [5.41, 5.74) is 5.53. The number of aryl methyl sites for hydroxylation is 1. The molecule has 0 aliphatic rings. The molecule has 0 aromatic heterocycles. The summed E-state index contributed by atoms with van der Waals surface area (Å²) in [5, 5.41) is 0. The van der Waals surface area contributed by atoms with Crippen LogP contribution in [0.2, 0.25) is 0 Å². The Kier molecular flexibility index (Phi) is 7.65. The van der Waals surface area contributed by atoms with Crippen LogP contribution < -0.4 is 5.48 Å². The smallest absolute Gasteiger partial charge is 0.0684 e. The summed E-state index contributed by atoms with van der Waals surface area (Å²) in [6.45, 7) is 6.65. The Hall–Kier alpha value is -0.900. The van der Waals surface area contributed by atoms with Crippen LogP contribution >= 0.6 is 0 Å². The molecule has 0 radical (unpaired) electrons. The monoisotopic (exact) mass is 251 g/mol. The van der Waals surface area contributed by atoms with Gasteiger partial charge in [0.15, 0.2) is 0 Å². The van der Waals surface area contributed by atoms with E-state index >= 15 is 0 Å². The second-order valence-corrected chi connectivity index (χ2v) is 4.83. The summed E-state index contributed by atoms with van der Waals surface area (Å²) in [7, 11) is 1.74. The van der Waals surface area contributed by atoms with E-state index in [4.69, 9.17) is 9.57 Å². The van der Waals surface area contributed by atoms with Crippen molar-refractivity contribution < 1.29 is 9.57 Å². The zero-order chi connectivity index (χ0) is 13.2. The fourth-order valence-electron chi connectivity index (χ4n) is 1.64. The number of hydrogen-bond acceptors (Lipinski definition) is 3. The largest absolute Gasteiger partial charge is 0.385 e. The van der Waals surface area contributed by atoms with Crippen molar-refractivity contribution in [1.82, 2.24) is 5.48 Å². The highest BCUT2D eigenvalue weighted by Crippen LogP contribution is 2.07. The van der Waals surface area contributed by atoms with Gasteiger partial charge in [0.1, 0.15) is 0 Å². The highest BCUT2D eigenvalue weighted by molar-refractivity contribution is 5.20. The Bertz CT molecular complexity index is 311. The molecule has 3 heteroatoms. The molecule has 0 heterocycles. The summed E-state index contributed by atoms with van der Waals surface area (Å²) in [5.74, 6) is 0.645. The number of benzene rings is 1. The van der Waals surface area contributed by atoms with E-state index < -0.39 is 0 Å². The molecule has 1 N–H and O–H groups in total. The Balaban J connectivity index is 2.03. The molecule has 0 aliphatic carbocycles. The first-order chi connectivity index (χ1) is 8.72. The van der Waals surface area contributed by atoms with Crippen molar-refractivity contribution in [2.24, 2.45) is 5.92 Å². The third-order valence-corrected chi connectivity index (χ3v) is 3.03. The normalized spacial score (nSPS) is 12.6. The van der Waals surface area contributed by atoms with Gasteiger partial charge < -0.3 is 9.57 Å². The Morgan fingerprint density at radius 3 is 2.44 bits per heavy atom. The van der Waals surface area contributed by atoms with Gasteiger partial charge in [-0.1, -0.05) is 36.8 Å². The SMILES string of the molecule is COCCC(C)CCONCc1ccc(C)cc1. The van der Waals surface area contributed by atoms with Crippen LogP contribution in [0.25, 0.3) is 0 Å². The minimum absolute atomic E-state index is 0.645. The topological polar surface area (TPSA) is 30.5 Å². The molecule has 1 unspecified atom stereocenters. The van der Waals surface area contributed by atoms with Gasteiger partial charge in [-0.15, -0.1) is 0 Å². The molecule has 1 rings (SSSR count). The van der Waals surface area contributed by atoms with E-state index in [0.29, 0.717) is 5.92 Å². The minimum Gasteiger partial charge on any atom is -0.385 e. The highest BCUT2D eigenvalue weighted by Gasteiger charge is 2.01. The van der Waals surface area contributed by atoms with Gasteiger partial charge in [-0.3, -0.25) is 0 Å². The molecule has 1 aromatic carbocycles. The Morgan fingerprint density at radius 1 is 1.11 bits per heavy atom. The standard InChI is InChI=1S/C15H25NO2/c1-13-4-6-15(7-5-13)12-16-18-11-9-14(2)8-10-17-3/h4-7,14,16H,8-12H2,1-3H3. The van der Waals surface area contributed by atoms with Gasteiger partial charge in [-0.05, 0) is 31.2 Å². The molecule has 0 amide bonds. The average molecular weight is 251 g/mol. The molecular formula is C15H25NO2. The van der Waals surface area contributed by atoms with E-state index in [1.54, 1.807) is 7.11 Å². The summed E-state index contributed by atoms with van der Waals surface area (Å²) < 4.78 is 5.05. The van der Waals surface area contributed by atoms with Crippen molar-refractivity contribution in [3.63, 3.8) is 0 Å². The first kappa shape index (κ1) is 15.2. The van der Waals surface area contributed by atoms with Crippen molar-refractivity contribution in [3.8, 4) is 0 Å². The predicted molar refractivity (Wildman–Crippen MR) is 74.2 cm³/mol. The number of nitrogens with one attached hydrogen (secondary N) is 1. The summed E-state index contributed by atoms with van der Waals surface area (Å²) in [4.78, 5) is 5.43. The summed E-state index contributed by atoms with van der Waals surface area (Å²) >= 11 is 0. The molecule has 0 aliphatic heterocycles. The second kappa shape index (κ2) is 9.09. The van der Waals surface area contributed by atoms with Gasteiger partial charge in [-0.2, -0.15) is 5.48 Å². The van der Waals surface area contributed by atoms with E-state index in [-0.39, 0.29) is 0 Å². The van der Waals surface area contributed by atoms with Gasteiger partial charge in [0.2, 0.25) is 0 Å². The van der Waals surface area contributed by atoms with Gasteiger partial charge in [0.25, 0.3) is 0 Å². The van der Waals surface area contributed by atoms with Crippen molar-refractivity contribution in [2.45, 2.75) is 33.2 Å². The van der Waals surface area contributed by atoms with Crippen molar-refractivity contribution in [1.29, 1.82) is 0 Å². The lowest BCUT2D eigenvalue weighted by atomic mass is 10.1. The first-order valence-corrected chi connectivity index (χ1v) is 6.61. The molecule has 1 atom stereocenters. The van der Waals surface area contributed by atoms with E-state index in [1.165, 1.54) is 11.1 Å². The quantitative estimate of drug-likeness (QED) is 0.540. The number of hydroxylamine groups is 1. The molecular weight excluding hydrogens is 226 g/mol. The molecule has 0 spiro atoms. The van der Waals surface area contributed by atoms with E-state index in [1.807, 2.05) is 0 Å². The van der Waals surface area contributed by atoms with E-state index in [9.17, 15) is 0 Å². The number of rotatable bonds is 9. The van der Waals surface area contributed by atoms with Crippen LogP contribution in [-0.2, 0) is 16.1 Å². The van der Waals surface area contributed by atoms with Crippen molar-refractivity contribution >= 4 is 0 Å². The minimum atomic E-state index is 0.645. The van der Waals surface area contributed by atoms with Crippen LogP contribution in [0.3, 0.4) is 0 Å². The zero-order valence-electron chi connectivity index (χ0n) is 11.7. The second-order valence-electron chi connectivity index (χ2n) is 4.83. The summed E-state index contributed by atoms with van der Waals surface area (Å²) in [6, 6.07) is 8.47. The zero-order valence-corrected chi connectivity index (χ0v) is 11.7. The third-order valence-electron chi connectivity index (χ3n) is 3.03. The lowest BCUT2D eigenvalue weighted by Crippen LogP contribution is -2.16. The average Bonchev–Trinajstić information content (AvgIpc) is 2.38. The van der Waals surface area contributed by atoms with Crippen LogP contribution in [0.15, 0.2) is 24.3 Å². The third kappa shape index (κ3) is 6.74. The fourth-order valence-corrected chi connectivity index (χ4v) is 1.64. The Labute approximate surface area is 110 Å². The molecule has 0 saturated carbocycles. The summed E-state index contributed by atoms with van der Waals surface area (Å²) in [6.07, 6.45) is 2.15. The van der Waals surface area contributed by atoms with Gasteiger partial charge in [-0.25, -0.2) is 0 Å². The number of hydrogen-bond donors (Lipinski definition) is 1. The molecule has 0 fully saturated rings. The molecule has 0 saturated heterocycles. The van der Waals surface area contributed by atoms with Gasteiger partial charge in [0, 0.05) is 20.3 Å². The molecule has 1 aromatic rings. The Morgan fingerprint density at radius 2 is 1.78 bits per heavy atom. The number of ether oxygens (including phenoxy) is 1. The van der Waals surface area contributed by atoms with Crippen molar-refractivity contribution in [3.05, 3.63) is 35.4 Å². The predicted octanol–water partition coefficient (Wildman–Crippen LogP) is 3.08. The number of methoxy groups -OCH3 is 1. The molecule has 3 nitrogen and oxygen atoms in total. The first-order valence-electron chi connectivity index (χ1n) is 6.61. The maximum Gasteiger partial charge on any atom is 0.0684 e. The lowest BCUT2D eigenvalue weighted by molar-refractivity contribution is 0.0271. The van der Waals surface area contributed by atoms with Crippen LogP contribution in [0.1, 0.15) is 30.9 Å². The highest BCUT2D eigenvalue weighted by atomic mass is 16.6. The van der Waals surface area contributed by atoms with Crippen molar-refractivity contribution in [2.75, 3.05) is 20.3 Å². The maximum absolute atomic E-state index is 5.43. The molecule has 0 bridgehead atoms. The molecule has 102 valence electrons. The van der Waals surface area contributed by atoms with Crippen LogP contribution in [0.4, 0.5) is 0 Å². The van der Waals surface area contributed by atoms with E-state index in [2.05, 4.69) is 43.6 Å². The van der Waals surface area contributed by atoms with Gasteiger partial charge >= 0.3 is 0 Å². The van der Waals surface area contributed by atoms with E-state index in [0.717, 1.165) is 32.6 Å². The van der Waals surface area contributed by atoms with Crippen LogP contribution in [0, 0.1) is 12.8 Å². The fraction of sp³-hybridized carbons (Fsp3) is 0.600. The van der Waals surface area contributed by atoms with Crippen LogP contribution in [0.5, 0.6) is 0 Å². The molecule has 18 heavy (non-hydrogen) atoms. The van der Waals surface area contributed by atoms with Gasteiger partial charge in [0.05, 0.1) is 6.61 Å². The maximum atomic E-state index is 5.43. The van der Waals surface area contributed by atoms with Crippen LogP contribution in [-0.4, -0.2) is 20.3 Å². The lowest BCUT2D eigenvalue weighted by Gasteiger charge is -2.11.